The minimum atomic E-state index is -4.45. The lowest BCUT2D eigenvalue weighted by Crippen LogP contribution is -2.53. The Morgan fingerprint density at radius 1 is 1.23 bits per heavy atom. The van der Waals surface area contributed by atoms with Crippen LogP contribution in [0, 0.1) is 17.8 Å². The fourth-order valence-electron chi connectivity index (χ4n) is 4.57. The van der Waals surface area contributed by atoms with Crippen LogP contribution in [0.5, 0.6) is 0 Å². The smallest absolute Gasteiger partial charge is 0.392 e. The van der Waals surface area contributed by atoms with E-state index in [1.165, 1.54) is 18.2 Å². The van der Waals surface area contributed by atoms with E-state index in [-0.39, 0.29) is 23.3 Å². The molecule has 1 saturated heterocycles. The molecule has 1 heterocycles. The molecule has 4 nitrogen and oxygen atoms in total. The second kappa shape index (κ2) is 6.34. The summed E-state index contributed by atoms with van der Waals surface area (Å²) in [7, 11) is 0. The standard InChI is InChI=1S/C19H21F3O4/c20-19(21,22)12-3-1-2-11(8-12)16(23)5-4-13-14-10-18(25-6-7-26-18)15(14)9-17(13)24/h1-5,8,13-17,23-24H,6-7,9-10H2. The predicted octanol–water partition coefficient (Wildman–Crippen LogP) is 3.06. The van der Waals surface area contributed by atoms with Crippen LogP contribution >= 0.6 is 0 Å². The minimum absolute atomic E-state index is 0.125. The highest BCUT2D eigenvalue weighted by Gasteiger charge is 2.64. The van der Waals surface area contributed by atoms with Gasteiger partial charge in [-0.2, -0.15) is 13.2 Å². The summed E-state index contributed by atoms with van der Waals surface area (Å²) in [6.07, 6.45) is -1.72. The zero-order chi connectivity index (χ0) is 18.5. The van der Waals surface area contributed by atoms with Crippen LogP contribution in [0.3, 0.4) is 0 Å². The normalized spacial score (nSPS) is 34.2. The highest BCUT2D eigenvalue weighted by Crippen LogP contribution is 2.60. The van der Waals surface area contributed by atoms with Crippen molar-refractivity contribution < 1.29 is 32.9 Å². The summed E-state index contributed by atoms with van der Waals surface area (Å²) >= 11 is 0. The van der Waals surface area contributed by atoms with Crippen molar-refractivity contribution in [2.45, 2.75) is 37.0 Å². The molecule has 1 aromatic rings. The van der Waals surface area contributed by atoms with Gasteiger partial charge in [0.1, 0.15) is 0 Å². The fraction of sp³-hybridized carbons (Fsp3) is 0.579. The summed E-state index contributed by atoms with van der Waals surface area (Å²) in [6.45, 7) is 1.13. The van der Waals surface area contributed by atoms with E-state index in [1.807, 2.05) is 0 Å². The number of benzene rings is 1. The number of fused-ring (bicyclic) bond motifs is 2. The minimum Gasteiger partial charge on any atom is -0.392 e. The van der Waals surface area contributed by atoms with Crippen molar-refractivity contribution in [3.63, 3.8) is 0 Å². The zero-order valence-corrected chi connectivity index (χ0v) is 14.0. The van der Waals surface area contributed by atoms with Crippen molar-refractivity contribution in [1.29, 1.82) is 0 Å². The van der Waals surface area contributed by atoms with E-state index in [0.29, 0.717) is 26.1 Å². The SMILES string of the molecule is OC(C=CC1C(O)CC2C1CC21OCCO1)c1cccc(C(F)(F)F)c1. The number of hydrogen-bond donors (Lipinski definition) is 2. The van der Waals surface area contributed by atoms with E-state index < -0.39 is 29.7 Å². The van der Waals surface area contributed by atoms with E-state index in [9.17, 15) is 23.4 Å². The van der Waals surface area contributed by atoms with Crippen molar-refractivity contribution in [1.82, 2.24) is 0 Å². The van der Waals surface area contributed by atoms with Crippen molar-refractivity contribution in [3.8, 4) is 0 Å². The maximum Gasteiger partial charge on any atom is 0.416 e. The summed E-state index contributed by atoms with van der Waals surface area (Å²) in [5.74, 6) is -0.388. The maximum atomic E-state index is 12.8. The van der Waals surface area contributed by atoms with Gasteiger partial charge in [0.05, 0.1) is 31.0 Å². The predicted molar refractivity (Wildman–Crippen MR) is 85.9 cm³/mol. The Balaban J connectivity index is 1.45. The number of alkyl halides is 3. The van der Waals surface area contributed by atoms with Crippen molar-refractivity contribution in [3.05, 3.63) is 47.5 Å². The van der Waals surface area contributed by atoms with Gasteiger partial charge in [0.15, 0.2) is 5.79 Å². The van der Waals surface area contributed by atoms with Gasteiger partial charge in [-0.3, -0.25) is 0 Å². The van der Waals surface area contributed by atoms with Gasteiger partial charge in [0.2, 0.25) is 0 Å². The number of hydrogen-bond acceptors (Lipinski definition) is 4. The van der Waals surface area contributed by atoms with Gasteiger partial charge in [0, 0.05) is 18.3 Å². The average molecular weight is 370 g/mol. The molecule has 7 heteroatoms. The lowest BCUT2D eigenvalue weighted by atomic mass is 9.67. The summed E-state index contributed by atoms with van der Waals surface area (Å²) in [6, 6.07) is 4.65. The molecule has 142 valence electrons. The Labute approximate surface area is 149 Å². The van der Waals surface area contributed by atoms with Crippen molar-refractivity contribution >= 4 is 0 Å². The molecule has 0 aromatic heterocycles. The molecule has 3 aliphatic rings. The molecular formula is C19H21F3O4. The molecule has 26 heavy (non-hydrogen) atoms. The number of halogens is 3. The molecule has 0 amide bonds. The molecular weight excluding hydrogens is 349 g/mol. The lowest BCUT2D eigenvalue weighted by molar-refractivity contribution is -0.270. The summed E-state index contributed by atoms with van der Waals surface area (Å²) < 4.78 is 49.8. The van der Waals surface area contributed by atoms with E-state index in [1.54, 1.807) is 6.08 Å². The number of aliphatic hydroxyl groups is 2. The number of ether oxygens (including phenoxy) is 2. The van der Waals surface area contributed by atoms with E-state index in [4.69, 9.17) is 9.47 Å². The van der Waals surface area contributed by atoms with Crippen LogP contribution in [0.25, 0.3) is 0 Å². The Bertz CT molecular complexity index is 696. The van der Waals surface area contributed by atoms with E-state index in [2.05, 4.69) is 0 Å². The largest absolute Gasteiger partial charge is 0.416 e. The van der Waals surface area contributed by atoms with Crippen LogP contribution in [0.1, 0.15) is 30.1 Å². The fourth-order valence-corrected chi connectivity index (χ4v) is 4.57. The molecule has 1 aromatic carbocycles. The topological polar surface area (TPSA) is 58.9 Å². The zero-order valence-electron chi connectivity index (χ0n) is 14.0. The molecule has 2 saturated carbocycles. The first-order valence-corrected chi connectivity index (χ1v) is 8.80. The molecule has 5 unspecified atom stereocenters. The third-order valence-electron chi connectivity index (χ3n) is 5.88. The van der Waals surface area contributed by atoms with Crippen LogP contribution < -0.4 is 0 Å². The van der Waals surface area contributed by atoms with Crippen molar-refractivity contribution in [2.24, 2.45) is 17.8 Å². The van der Waals surface area contributed by atoms with Crippen LogP contribution in [-0.4, -0.2) is 35.3 Å². The molecule has 0 radical (unpaired) electrons. The van der Waals surface area contributed by atoms with Crippen LogP contribution in [-0.2, 0) is 15.7 Å². The molecule has 4 rings (SSSR count). The van der Waals surface area contributed by atoms with E-state index >= 15 is 0 Å². The Hall–Kier alpha value is -1.41. The van der Waals surface area contributed by atoms with Gasteiger partial charge in [0.25, 0.3) is 0 Å². The molecule has 2 aliphatic carbocycles. The lowest BCUT2D eigenvalue weighted by Gasteiger charge is -2.49. The Kier molecular flexibility index (Phi) is 4.38. The second-order valence-corrected chi connectivity index (χ2v) is 7.32. The van der Waals surface area contributed by atoms with Gasteiger partial charge >= 0.3 is 6.18 Å². The third-order valence-corrected chi connectivity index (χ3v) is 5.88. The molecule has 1 spiro atoms. The second-order valence-electron chi connectivity index (χ2n) is 7.32. The Morgan fingerprint density at radius 3 is 2.65 bits per heavy atom. The van der Waals surface area contributed by atoms with Crippen LogP contribution in [0.2, 0.25) is 0 Å². The van der Waals surface area contributed by atoms with Gasteiger partial charge in [-0.1, -0.05) is 24.3 Å². The first-order valence-electron chi connectivity index (χ1n) is 8.80. The molecule has 3 fully saturated rings. The van der Waals surface area contributed by atoms with Crippen LogP contribution in [0.15, 0.2) is 36.4 Å². The molecule has 1 aliphatic heterocycles. The van der Waals surface area contributed by atoms with Gasteiger partial charge < -0.3 is 19.7 Å². The van der Waals surface area contributed by atoms with E-state index in [0.717, 1.165) is 12.1 Å². The van der Waals surface area contributed by atoms with Crippen molar-refractivity contribution in [2.75, 3.05) is 13.2 Å². The molecule has 2 N–H and O–H groups in total. The third kappa shape index (κ3) is 2.97. The quantitative estimate of drug-likeness (QED) is 0.803. The summed E-state index contributed by atoms with van der Waals surface area (Å²) in [5, 5.41) is 20.6. The maximum absolute atomic E-state index is 12.8. The molecule has 0 bridgehead atoms. The van der Waals surface area contributed by atoms with Gasteiger partial charge in [-0.15, -0.1) is 0 Å². The first kappa shape index (κ1) is 18.0. The van der Waals surface area contributed by atoms with Gasteiger partial charge in [-0.05, 0) is 30.0 Å². The molecule has 5 atom stereocenters. The number of rotatable bonds is 3. The monoisotopic (exact) mass is 370 g/mol. The first-order chi connectivity index (χ1) is 12.3. The van der Waals surface area contributed by atoms with Gasteiger partial charge in [-0.25, -0.2) is 0 Å². The Morgan fingerprint density at radius 2 is 1.96 bits per heavy atom. The number of aliphatic hydroxyl groups excluding tert-OH is 2. The highest BCUT2D eigenvalue weighted by molar-refractivity contribution is 5.29. The summed E-state index contributed by atoms with van der Waals surface area (Å²) in [5.41, 5.74) is -0.618. The van der Waals surface area contributed by atoms with Crippen LogP contribution in [0.4, 0.5) is 13.2 Å². The highest BCUT2D eigenvalue weighted by atomic mass is 19.4. The summed E-state index contributed by atoms with van der Waals surface area (Å²) in [4.78, 5) is 0. The average Bonchev–Trinajstić information content (AvgIpc) is 3.18.